The molecule has 2 radical (unpaired) electrons. The Morgan fingerprint density at radius 2 is 1.72 bits per heavy atom. The number of aromatic nitrogens is 3. The number of imidazole rings is 1. The van der Waals surface area contributed by atoms with E-state index in [1.54, 1.807) is 19.2 Å². The number of carboxylic acids is 2. The molecule has 0 spiro atoms. The number of fused-ring (bicyclic) bond motifs is 1. The third-order valence-corrected chi connectivity index (χ3v) is 9.12. The molecule has 2 heterocycles. The number of hydrogen-bond acceptors (Lipinski definition) is 10. The third kappa shape index (κ3) is 7.60. The molecule has 17 heteroatoms. The Hall–Kier alpha value is -2.50. The van der Waals surface area contributed by atoms with Crippen molar-refractivity contribution in [3.63, 3.8) is 0 Å². The molecule has 0 aliphatic heterocycles. The number of hydrogen-bond donors (Lipinski definition) is 2. The van der Waals surface area contributed by atoms with E-state index >= 15 is 0 Å². The summed E-state index contributed by atoms with van der Waals surface area (Å²) in [6.07, 6.45) is 1.56. The largest absolute Gasteiger partial charge is 0.497 e. The fourth-order valence-electron chi connectivity index (χ4n) is 4.13. The van der Waals surface area contributed by atoms with Crippen LogP contribution in [0.5, 0.6) is 17.2 Å². The van der Waals surface area contributed by atoms with Gasteiger partial charge in [0.1, 0.15) is 22.8 Å². The van der Waals surface area contributed by atoms with Crippen molar-refractivity contribution in [2.75, 3.05) is 20.8 Å². The average Bonchev–Trinajstić information content (AvgIpc) is 3.33. The van der Waals surface area contributed by atoms with E-state index in [4.69, 9.17) is 19.3 Å². The zero-order valence-corrected chi connectivity index (χ0v) is 29.9. The molecular weight excluding hydrogens is 624 g/mol. The topological polar surface area (TPSA) is 184 Å². The Morgan fingerprint density at radius 1 is 1.02 bits per heavy atom. The molecule has 0 bridgehead atoms. The van der Waals surface area contributed by atoms with E-state index < -0.39 is 49.8 Å². The van der Waals surface area contributed by atoms with E-state index in [0.29, 0.717) is 22.8 Å². The van der Waals surface area contributed by atoms with Crippen molar-refractivity contribution >= 4 is 103 Å². The summed E-state index contributed by atoms with van der Waals surface area (Å²) < 4.78 is 58.3. The monoisotopic (exact) mass is 649 g/mol. The number of aliphatic carboxylic acids is 1. The average molecular weight is 650 g/mol. The van der Waals surface area contributed by atoms with Crippen LogP contribution in [0.4, 0.5) is 0 Å². The van der Waals surface area contributed by atoms with E-state index in [1.165, 1.54) is 26.4 Å². The SMILES string of the molecule is COc1ccc2nc(S(=O)Cc3ncc(C)c(OC)c3C)n(S(=O)(=O)c3ccc(OCC(=O)O)c(C(=O)O)c3)c2c1.[Na].[Na]. The van der Waals surface area contributed by atoms with Gasteiger partial charge in [-0.2, -0.15) is 0 Å². The Balaban J connectivity index is 0.00000323. The Bertz CT molecular complexity index is 1830. The van der Waals surface area contributed by atoms with Gasteiger partial charge in [-0.3, -0.25) is 9.19 Å². The molecule has 13 nitrogen and oxygen atoms in total. The van der Waals surface area contributed by atoms with E-state index in [0.717, 1.165) is 27.7 Å². The number of pyridine rings is 1. The molecule has 43 heavy (non-hydrogen) atoms. The van der Waals surface area contributed by atoms with Gasteiger partial charge in [-0.15, -0.1) is 0 Å². The van der Waals surface area contributed by atoms with Crippen LogP contribution in [-0.2, 0) is 31.4 Å². The molecule has 1 unspecified atom stereocenters. The standard InChI is InChI=1S/C26H25N3O10S2.2Na/c1-14-11-27-20(15(2)24(14)38-4)13-40(34)26-28-19-7-5-16(37-3)9-21(19)29(26)41(35,36)17-6-8-22(39-12-23(30)31)18(10-17)25(32)33;;/h5-11H,12-13H2,1-4H3,(H,30,31)(H,32,33);;. The fraction of sp³-hybridized carbons (Fsp3) is 0.231. The summed E-state index contributed by atoms with van der Waals surface area (Å²) in [5, 5.41) is 18.2. The van der Waals surface area contributed by atoms with Gasteiger partial charge in [0, 0.05) is 82.5 Å². The number of aryl methyl sites for hydroxylation is 1. The molecular formula is C26H25N3Na2O10S2. The van der Waals surface area contributed by atoms with Gasteiger partial charge in [0.2, 0.25) is 5.16 Å². The molecule has 0 saturated heterocycles. The van der Waals surface area contributed by atoms with E-state index in [2.05, 4.69) is 9.97 Å². The fourth-order valence-corrected chi connectivity index (χ4v) is 7.19. The zero-order chi connectivity index (χ0) is 30.1. The van der Waals surface area contributed by atoms with Crippen LogP contribution >= 0.6 is 0 Å². The van der Waals surface area contributed by atoms with Crippen molar-refractivity contribution in [2.24, 2.45) is 0 Å². The third-order valence-electron chi connectivity index (χ3n) is 6.08. The molecule has 4 rings (SSSR count). The van der Waals surface area contributed by atoms with Crippen LogP contribution in [0.1, 0.15) is 27.2 Å². The molecule has 2 aromatic heterocycles. The maximum absolute atomic E-state index is 14.0. The Kier molecular flexibility index (Phi) is 12.8. The quantitative estimate of drug-likeness (QED) is 0.226. The van der Waals surface area contributed by atoms with Crippen molar-refractivity contribution in [1.29, 1.82) is 0 Å². The first kappa shape index (κ1) is 36.7. The molecule has 4 aromatic rings. The smallest absolute Gasteiger partial charge is 0.341 e. The van der Waals surface area contributed by atoms with Gasteiger partial charge < -0.3 is 24.4 Å². The second kappa shape index (κ2) is 15.0. The number of aromatic carboxylic acids is 1. The summed E-state index contributed by atoms with van der Waals surface area (Å²) >= 11 is 0. The summed E-state index contributed by atoms with van der Waals surface area (Å²) in [5.74, 6) is -2.56. The molecule has 218 valence electrons. The van der Waals surface area contributed by atoms with Crippen LogP contribution in [0.3, 0.4) is 0 Å². The summed E-state index contributed by atoms with van der Waals surface area (Å²) in [6.45, 7) is 2.72. The van der Waals surface area contributed by atoms with E-state index in [-0.39, 0.29) is 86.8 Å². The number of carboxylic acid groups (broad SMARTS) is 2. The number of carbonyl (C=O) groups is 2. The number of benzene rings is 2. The first-order chi connectivity index (χ1) is 19.4. The molecule has 0 aliphatic carbocycles. The van der Waals surface area contributed by atoms with Crippen molar-refractivity contribution in [3.8, 4) is 17.2 Å². The Labute approximate surface area is 293 Å². The summed E-state index contributed by atoms with van der Waals surface area (Å²) in [5.41, 5.74) is 1.48. The predicted molar refractivity (Wildman–Crippen MR) is 157 cm³/mol. The minimum atomic E-state index is -4.62. The van der Waals surface area contributed by atoms with Crippen molar-refractivity contribution in [3.05, 3.63) is 65.0 Å². The van der Waals surface area contributed by atoms with Crippen molar-refractivity contribution in [1.82, 2.24) is 13.9 Å². The number of methoxy groups -OCH3 is 2. The molecule has 0 fully saturated rings. The van der Waals surface area contributed by atoms with Gasteiger partial charge in [-0.25, -0.2) is 27.0 Å². The van der Waals surface area contributed by atoms with Gasteiger partial charge in [0.05, 0.1) is 52.4 Å². The predicted octanol–water partition coefficient (Wildman–Crippen LogP) is 2.01. The summed E-state index contributed by atoms with van der Waals surface area (Å²) in [7, 11) is -3.79. The van der Waals surface area contributed by atoms with Gasteiger partial charge >= 0.3 is 11.9 Å². The molecule has 2 N–H and O–H groups in total. The number of nitrogens with zero attached hydrogens (tertiary/aromatic N) is 3. The zero-order valence-electron chi connectivity index (χ0n) is 24.3. The number of ether oxygens (including phenoxy) is 3. The number of rotatable bonds is 11. The maximum atomic E-state index is 14.0. The molecule has 0 amide bonds. The van der Waals surface area contributed by atoms with E-state index in [9.17, 15) is 27.3 Å². The second-order valence-corrected chi connectivity index (χ2v) is 11.8. The van der Waals surface area contributed by atoms with Gasteiger partial charge in [0.25, 0.3) is 10.0 Å². The van der Waals surface area contributed by atoms with Crippen molar-refractivity contribution < 1.29 is 46.6 Å². The van der Waals surface area contributed by atoms with Gasteiger partial charge in [-0.05, 0) is 44.2 Å². The minimum absolute atomic E-state index is 0. The maximum Gasteiger partial charge on any atom is 0.341 e. The minimum Gasteiger partial charge on any atom is -0.497 e. The molecule has 2 aromatic carbocycles. The first-order valence-corrected chi connectivity index (χ1v) is 14.6. The molecule has 0 aliphatic rings. The van der Waals surface area contributed by atoms with Crippen LogP contribution in [0.25, 0.3) is 11.0 Å². The first-order valence-electron chi connectivity index (χ1n) is 11.8. The summed E-state index contributed by atoms with van der Waals surface area (Å²) in [6, 6.07) is 7.42. The van der Waals surface area contributed by atoms with Crippen molar-refractivity contribution in [2.45, 2.75) is 29.7 Å². The van der Waals surface area contributed by atoms with Crippen LogP contribution in [0, 0.1) is 13.8 Å². The Morgan fingerprint density at radius 3 is 2.33 bits per heavy atom. The summed E-state index contributed by atoms with van der Waals surface area (Å²) in [4.78, 5) is 31.0. The normalized spacial score (nSPS) is 11.6. The van der Waals surface area contributed by atoms with Crippen LogP contribution in [0.2, 0.25) is 0 Å². The van der Waals surface area contributed by atoms with E-state index in [1.807, 2.05) is 6.92 Å². The van der Waals surface area contributed by atoms with Crippen LogP contribution in [-0.4, -0.2) is 129 Å². The molecule has 0 saturated carbocycles. The van der Waals surface area contributed by atoms with Crippen LogP contribution < -0.4 is 14.2 Å². The van der Waals surface area contributed by atoms with Gasteiger partial charge in [-0.1, -0.05) is 0 Å². The second-order valence-electron chi connectivity index (χ2n) is 8.70. The molecule has 1 atom stereocenters. The van der Waals surface area contributed by atoms with Crippen LogP contribution in [0.15, 0.2) is 52.6 Å². The van der Waals surface area contributed by atoms with Gasteiger partial charge in [0.15, 0.2) is 6.61 Å².